The third-order valence-electron chi connectivity index (χ3n) is 6.67. The Hall–Kier alpha value is -3.92. The van der Waals surface area contributed by atoms with Crippen molar-refractivity contribution < 1.29 is 14.3 Å². The molecule has 0 aromatic heterocycles. The van der Waals surface area contributed by atoms with Crippen molar-refractivity contribution >= 4 is 23.0 Å². The molecule has 0 aliphatic rings. The Balaban J connectivity index is 1.26. The van der Waals surface area contributed by atoms with E-state index in [0.717, 1.165) is 17.7 Å². The van der Waals surface area contributed by atoms with Gasteiger partial charge in [-0.15, -0.1) is 0 Å². The van der Waals surface area contributed by atoms with Gasteiger partial charge in [0.15, 0.2) is 0 Å². The number of ether oxygens (including phenoxy) is 2. The topological polar surface area (TPSA) is 47.9 Å². The van der Waals surface area contributed by atoms with Crippen LogP contribution >= 0.6 is 0 Å². The molecule has 0 unspecified atom stereocenters. The summed E-state index contributed by atoms with van der Waals surface area (Å²) in [4.78, 5) is 17.3. The third kappa shape index (κ3) is 7.79. The summed E-state index contributed by atoms with van der Waals surface area (Å²) in [7, 11) is 0. The van der Waals surface area contributed by atoms with Crippen molar-refractivity contribution in [3.8, 4) is 11.5 Å². The normalized spacial score (nSPS) is 12.1. The maximum Gasteiger partial charge on any atom is 0.343 e. The van der Waals surface area contributed by atoms with Gasteiger partial charge in [-0.2, -0.15) is 0 Å². The minimum Gasteiger partial charge on any atom is -0.494 e. The van der Waals surface area contributed by atoms with Crippen LogP contribution in [0.1, 0.15) is 79.9 Å². The van der Waals surface area contributed by atoms with Gasteiger partial charge in [0.2, 0.25) is 0 Å². The molecule has 0 aliphatic heterocycles. The lowest BCUT2D eigenvalue weighted by molar-refractivity contribution is 0.0734. The number of hydrogen-bond donors (Lipinski definition) is 0. The zero-order valence-corrected chi connectivity index (χ0v) is 22.4. The Bertz CT molecular complexity index is 1320. The fourth-order valence-electron chi connectivity index (χ4n) is 4.44. The standard InChI is InChI=1S/C34H37NO3/c1-3-4-5-6-7-10-24-37-30-22-18-29(19-23-30)34(36)38-31-20-16-27(17-21-31)25-35-26(2)32-15-11-13-28-12-8-9-14-33(28)32/h8-9,11-23,25-26H,3-7,10,24H2,1-2H3/t26-/m1/s1. The summed E-state index contributed by atoms with van der Waals surface area (Å²) < 4.78 is 11.4. The Morgan fingerprint density at radius 2 is 1.47 bits per heavy atom. The maximum atomic E-state index is 12.6. The van der Waals surface area contributed by atoms with E-state index >= 15 is 0 Å². The first-order valence-electron chi connectivity index (χ1n) is 13.7. The number of benzene rings is 4. The van der Waals surface area contributed by atoms with E-state index in [1.807, 2.05) is 30.5 Å². The molecular formula is C34H37NO3. The van der Waals surface area contributed by atoms with Crippen molar-refractivity contribution in [3.05, 3.63) is 108 Å². The molecule has 4 heteroatoms. The number of carbonyl (C=O) groups is 1. The van der Waals surface area contributed by atoms with Gasteiger partial charge in [0.1, 0.15) is 11.5 Å². The highest BCUT2D eigenvalue weighted by Gasteiger charge is 2.10. The van der Waals surface area contributed by atoms with Gasteiger partial charge in [-0.3, -0.25) is 4.99 Å². The molecular weight excluding hydrogens is 470 g/mol. The van der Waals surface area contributed by atoms with Gasteiger partial charge < -0.3 is 9.47 Å². The number of aliphatic imine (C=N–C) groups is 1. The van der Waals surface area contributed by atoms with E-state index in [2.05, 4.69) is 56.3 Å². The van der Waals surface area contributed by atoms with Crippen LogP contribution in [0.3, 0.4) is 0 Å². The average molecular weight is 508 g/mol. The number of rotatable bonds is 13. The second-order valence-corrected chi connectivity index (χ2v) is 9.62. The first-order chi connectivity index (χ1) is 18.6. The number of nitrogens with zero attached hydrogens (tertiary/aromatic N) is 1. The zero-order valence-electron chi connectivity index (χ0n) is 22.4. The fraction of sp³-hybridized carbons (Fsp3) is 0.294. The molecule has 1 atom stereocenters. The molecule has 0 saturated carbocycles. The number of esters is 1. The van der Waals surface area contributed by atoms with Crippen molar-refractivity contribution in [2.24, 2.45) is 4.99 Å². The van der Waals surface area contributed by atoms with Crippen LogP contribution in [0.25, 0.3) is 10.8 Å². The zero-order chi connectivity index (χ0) is 26.6. The first-order valence-corrected chi connectivity index (χ1v) is 13.7. The van der Waals surface area contributed by atoms with Crippen LogP contribution in [0.5, 0.6) is 11.5 Å². The van der Waals surface area contributed by atoms with E-state index in [1.165, 1.54) is 48.4 Å². The van der Waals surface area contributed by atoms with E-state index in [1.54, 1.807) is 24.3 Å². The van der Waals surface area contributed by atoms with Crippen molar-refractivity contribution in [2.75, 3.05) is 6.61 Å². The minimum atomic E-state index is -0.390. The SMILES string of the molecule is CCCCCCCCOc1ccc(C(=O)Oc2ccc(C=N[C@H](C)c3cccc4ccccc34)cc2)cc1. The predicted molar refractivity (Wildman–Crippen MR) is 157 cm³/mol. The summed E-state index contributed by atoms with van der Waals surface area (Å²) in [5, 5.41) is 2.44. The summed E-state index contributed by atoms with van der Waals surface area (Å²) in [6, 6.07) is 29.2. The molecule has 0 radical (unpaired) electrons. The second-order valence-electron chi connectivity index (χ2n) is 9.62. The average Bonchev–Trinajstić information content (AvgIpc) is 2.96. The molecule has 4 rings (SSSR count). The van der Waals surface area contributed by atoms with E-state index < -0.39 is 5.97 Å². The van der Waals surface area contributed by atoms with Crippen LogP contribution in [0.2, 0.25) is 0 Å². The molecule has 4 nitrogen and oxygen atoms in total. The highest BCUT2D eigenvalue weighted by molar-refractivity contribution is 5.91. The summed E-state index contributed by atoms with van der Waals surface area (Å²) >= 11 is 0. The molecule has 0 spiro atoms. The highest BCUT2D eigenvalue weighted by atomic mass is 16.5. The molecule has 0 aliphatic carbocycles. The summed E-state index contributed by atoms with van der Waals surface area (Å²) in [5.41, 5.74) is 2.64. The molecule has 4 aromatic rings. The van der Waals surface area contributed by atoms with Gasteiger partial charge in [0.25, 0.3) is 0 Å². The Morgan fingerprint density at radius 1 is 0.789 bits per heavy atom. The molecule has 0 heterocycles. The van der Waals surface area contributed by atoms with Crippen LogP contribution < -0.4 is 9.47 Å². The van der Waals surface area contributed by atoms with E-state index in [0.29, 0.717) is 17.9 Å². The molecule has 196 valence electrons. The highest BCUT2D eigenvalue weighted by Crippen LogP contribution is 2.26. The monoisotopic (exact) mass is 507 g/mol. The largest absolute Gasteiger partial charge is 0.494 e. The summed E-state index contributed by atoms with van der Waals surface area (Å²) in [6.07, 6.45) is 9.24. The summed E-state index contributed by atoms with van der Waals surface area (Å²) in [6.45, 7) is 5.02. The lowest BCUT2D eigenvalue weighted by Crippen LogP contribution is -2.08. The smallest absolute Gasteiger partial charge is 0.343 e. The van der Waals surface area contributed by atoms with Crippen molar-refractivity contribution in [2.45, 2.75) is 58.4 Å². The van der Waals surface area contributed by atoms with Crippen LogP contribution in [0, 0.1) is 0 Å². The molecule has 0 saturated heterocycles. The number of hydrogen-bond acceptors (Lipinski definition) is 4. The van der Waals surface area contributed by atoms with Crippen molar-refractivity contribution in [1.82, 2.24) is 0 Å². The molecule has 0 N–H and O–H groups in total. The number of unbranched alkanes of at least 4 members (excludes halogenated alkanes) is 5. The fourth-order valence-corrected chi connectivity index (χ4v) is 4.44. The molecule has 0 bridgehead atoms. The van der Waals surface area contributed by atoms with Gasteiger partial charge >= 0.3 is 5.97 Å². The number of fused-ring (bicyclic) bond motifs is 1. The first kappa shape index (κ1) is 27.1. The maximum absolute atomic E-state index is 12.6. The van der Waals surface area contributed by atoms with E-state index in [-0.39, 0.29) is 6.04 Å². The third-order valence-corrected chi connectivity index (χ3v) is 6.67. The Kier molecular flexibility index (Phi) is 10.1. The van der Waals surface area contributed by atoms with Gasteiger partial charge in [0, 0.05) is 6.21 Å². The molecule has 0 amide bonds. The van der Waals surface area contributed by atoms with Crippen molar-refractivity contribution in [1.29, 1.82) is 0 Å². The van der Waals surface area contributed by atoms with Crippen molar-refractivity contribution in [3.63, 3.8) is 0 Å². The van der Waals surface area contributed by atoms with Gasteiger partial charge in [-0.1, -0.05) is 81.5 Å². The van der Waals surface area contributed by atoms with E-state index in [4.69, 9.17) is 14.5 Å². The van der Waals surface area contributed by atoms with Crippen LogP contribution in [-0.4, -0.2) is 18.8 Å². The second kappa shape index (κ2) is 14.1. The lowest BCUT2D eigenvalue weighted by atomic mass is 10.00. The molecule has 0 fully saturated rings. The van der Waals surface area contributed by atoms with Crippen LogP contribution in [0.4, 0.5) is 0 Å². The summed E-state index contributed by atoms with van der Waals surface area (Å²) in [5.74, 6) is 0.882. The quantitative estimate of drug-likeness (QED) is 0.0785. The predicted octanol–water partition coefficient (Wildman–Crippen LogP) is 8.98. The van der Waals surface area contributed by atoms with Gasteiger partial charge in [0.05, 0.1) is 18.2 Å². The van der Waals surface area contributed by atoms with Gasteiger partial charge in [-0.05, 0) is 83.8 Å². The van der Waals surface area contributed by atoms with Crippen LogP contribution in [0.15, 0.2) is 96.0 Å². The van der Waals surface area contributed by atoms with Gasteiger partial charge in [-0.25, -0.2) is 4.79 Å². The Morgan fingerprint density at radius 3 is 2.26 bits per heavy atom. The Labute approximate surface area is 226 Å². The number of carbonyl (C=O) groups excluding carboxylic acids is 1. The lowest BCUT2D eigenvalue weighted by Gasteiger charge is -2.10. The molecule has 4 aromatic carbocycles. The van der Waals surface area contributed by atoms with E-state index in [9.17, 15) is 4.79 Å². The van der Waals surface area contributed by atoms with Crippen LogP contribution in [-0.2, 0) is 0 Å². The minimum absolute atomic E-state index is 0.0244. The molecule has 38 heavy (non-hydrogen) atoms.